The summed E-state index contributed by atoms with van der Waals surface area (Å²) < 4.78 is 8.87. The van der Waals surface area contributed by atoms with Crippen LogP contribution < -0.4 is 9.30 Å². The number of fused-ring (bicyclic) bond motifs is 2. The first-order chi connectivity index (χ1) is 16.3. The Morgan fingerprint density at radius 2 is 1.46 bits per heavy atom. The van der Waals surface area contributed by atoms with Crippen LogP contribution in [-0.4, -0.2) is 15.0 Å². The minimum atomic E-state index is -0.207. The van der Waals surface area contributed by atoms with Crippen molar-refractivity contribution in [1.29, 1.82) is 0 Å². The predicted octanol–water partition coefficient (Wildman–Crippen LogP) is 6.81. The van der Waals surface area contributed by atoms with Crippen molar-refractivity contribution in [1.82, 2.24) is 15.0 Å². The molecule has 0 aliphatic carbocycles. The molecule has 0 saturated heterocycles. The van der Waals surface area contributed by atoms with E-state index < -0.39 is 0 Å². The van der Waals surface area contributed by atoms with Gasteiger partial charge in [-0.3, -0.25) is 0 Å². The lowest BCUT2D eigenvalue weighted by atomic mass is 9.89. The lowest BCUT2D eigenvalue weighted by Crippen LogP contribution is -2.32. The Morgan fingerprint density at radius 1 is 0.829 bits per heavy atom. The predicted molar refractivity (Wildman–Crippen MR) is 141 cm³/mol. The number of aromatic nitrogens is 4. The van der Waals surface area contributed by atoms with Crippen LogP contribution in [0.4, 0.5) is 0 Å². The number of benzene rings is 2. The third kappa shape index (κ3) is 3.78. The minimum Gasteiger partial charge on any atom is -0.449 e. The number of nitrogens with zero attached hydrogens (tertiary/aromatic N) is 4. The van der Waals surface area contributed by atoms with Crippen LogP contribution in [0.3, 0.4) is 0 Å². The molecule has 1 aliphatic rings. The van der Waals surface area contributed by atoms with Crippen molar-refractivity contribution in [2.24, 2.45) is 7.05 Å². The zero-order valence-corrected chi connectivity index (χ0v) is 22.6. The average molecular weight is 468 g/mol. The SMILES string of the molecule is Cc1cc2c3c(c(C)c(C)cc3c1)-c1c(c(-c3nc(C(C)(C)C)nc(C(C)(C)C)n3)cc[n+]1C)O2. The topological polar surface area (TPSA) is 51.8 Å². The molecule has 0 atom stereocenters. The summed E-state index contributed by atoms with van der Waals surface area (Å²) in [6.07, 6.45) is 2.08. The second kappa shape index (κ2) is 7.58. The molecular weight excluding hydrogens is 432 g/mol. The van der Waals surface area contributed by atoms with E-state index in [0.717, 1.165) is 34.4 Å². The van der Waals surface area contributed by atoms with Crippen LogP contribution in [-0.2, 0) is 17.9 Å². The lowest BCUT2D eigenvalue weighted by Gasteiger charge is -2.25. The van der Waals surface area contributed by atoms with Gasteiger partial charge in [0, 0.05) is 22.3 Å². The molecule has 0 N–H and O–H groups in total. The first kappa shape index (κ1) is 23.4. The summed E-state index contributed by atoms with van der Waals surface area (Å²) in [6, 6.07) is 8.70. The number of rotatable bonds is 1. The molecule has 180 valence electrons. The van der Waals surface area contributed by atoms with Gasteiger partial charge in [-0.05, 0) is 48.9 Å². The highest BCUT2D eigenvalue weighted by Crippen LogP contribution is 2.50. The summed E-state index contributed by atoms with van der Waals surface area (Å²) in [5.74, 6) is 3.92. The molecule has 5 heteroatoms. The van der Waals surface area contributed by atoms with Gasteiger partial charge < -0.3 is 4.74 Å². The van der Waals surface area contributed by atoms with E-state index in [-0.39, 0.29) is 10.8 Å². The van der Waals surface area contributed by atoms with Crippen molar-refractivity contribution in [2.75, 3.05) is 0 Å². The molecule has 0 fully saturated rings. The molecule has 35 heavy (non-hydrogen) atoms. The summed E-state index contributed by atoms with van der Waals surface area (Å²) in [4.78, 5) is 14.8. The van der Waals surface area contributed by atoms with E-state index in [1.807, 2.05) is 0 Å². The van der Waals surface area contributed by atoms with Crippen molar-refractivity contribution in [3.05, 3.63) is 58.8 Å². The molecule has 0 spiro atoms. The fourth-order valence-corrected chi connectivity index (χ4v) is 4.74. The van der Waals surface area contributed by atoms with E-state index in [1.165, 1.54) is 33.0 Å². The first-order valence-electron chi connectivity index (χ1n) is 12.3. The third-order valence-corrected chi connectivity index (χ3v) is 6.81. The molecule has 2 aromatic heterocycles. The largest absolute Gasteiger partial charge is 0.449 e. The van der Waals surface area contributed by atoms with Gasteiger partial charge in [0.05, 0.1) is 11.1 Å². The van der Waals surface area contributed by atoms with E-state index in [4.69, 9.17) is 19.7 Å². The van der Waals surface area contributed by atoms with Gasteiger partial charge in [0.25, 0.3) is 5.69 Å². The molecule has 0 amide bonds. The summed E-state index contributed by atoms with van der Waals surface area (Å²) >= 11 is 0. The Bertz CT molecular complexity index is 1490. The maximum absolute atomic E-state index is 6.72. The summed E-state index contributed by atoms with van der Waals surface area (Å²) in [5.41, 5.74) is 6.47. The monoisotopic (exact) mass is 467 g/mol. The van der Waals surface area contributed by atoms with E-state index >= 15 is 0 Å². The first-order valence-corrected chi connectivity index (χ1v) is 12.3. The molecule has 2 aromatic carbocycles. The molecule has 5 rings (SSSR count). The van der Waals surface area contributed by atoms with Crippen LogP contribution in [0, 0.1) is 20.8 Å². The van der Waals surface area contributed by atoms with Gasteiger partial charge in [0.2, 0.25) is 5.75 Å². The van der Waals surface area contributed by atoms with Gasteiger partial charge in [-0.25, -0.2) is 15.0 Å². The van der Waals surface area contributed by atoms with Crippen molar-refractivity contribution in [3.63, 3.8) is 0 Å². The zero-order valence-electron chi connectivity index (χ0n) is 22.6. The van der Waals surface area contributed by atoms with Gasteiger partial charge in [0.1, 0.15) is 24.4 Å². The Hall–Kier alpha value is -3.34. The fraction of sp³-hybridized carbons (Fsp3) is 0.400. The maximum Gasteiger partial charge on any atom is 0.257 e. The van der Waals surface area contributed by atoms with Crippen LogP contribution in [0.5, 0.6) is 11.5 Å². The number of hydrogen-bond donors (Lipinski definition) is 0. The van der Waals surface area contributed by atoms with E-state index in [1.54, 1.807) is 0 Å². The molecule has 0 unspecified atom stereocenters. The standard InChI is InChI=1S/C30H35N4O/c1-16-13-19-15-17(2)18(3)22-23(19)21(14-16)35-25-20(11-12-34(10)24(22)25)26-31-27(29(4,5)6)33-28(32-26)30(7,8)9/h11-15H,1-10H3/q+1. The van der Waals surface area contributed by atoms with Crippen LogP contribution in [0.2, 0.25) is 0 Å². The van der Waals surface area contributed by atoms with Crippen molar-refractivity contribution >= 4 is 10.8 Å². The molecule has 0 radical (unpaired) electrons. The van der Waals surface area contributed by atoms with Crippen molar-refractivity contribution in [2.45, 2.75) is 73.1 Å². The van der Waals surface area contributed by atoms with Crippen LogP contribution in [0.1, 0.15) is 69.9 Å². The Morgan fingerprint density at radius 3 is 2.06 bits per heavy atom. The van der Waals surface area contributed by atoms with Crippen molar-refractivity contribution < 1.29 is 9.30 Å². The second-order valence-electron chi connectivity index (χ2n) is 12.0. The van der Waals surface area contributed by atoms with Crippen LogP contribution >= 0.6 is 0 Å². The molecule has 3 heterocycles. The highest BCUT2D eigenvalue weighted by atomic mass is 16.5. The highest BCUT2D eigenvalue weighted by Gasteiger charge is 2.34. The van der Waals surface area contributed by atoms with E-state index in [2.05, 4.69) is 104 Å². The van der Waals surface area contributed by atoms with E-state index in [9.17, 15) is 0 Å². The number of ether oxygens (including phenoxy) is 1. The Labute approximate surface area is 208 Å². The number of pyridine rings is 1. The van der Waals surface area contributed by atoms with Gasteiger partial charge >= 0.3 is 0 Å². The minimum absolute atomic E-state index is 0.207. The summed E-state index contributed by atoms with van der Waals surface area (Å²) in [6.45, 7) is 19.3. The maximum atomic E-state index is 6.72. The van der Waals surface area contributed by atoms with Crippen LogP contribution in [0.15, 0.2) is 30.5 Å². The zero-order chi connectivity index (χ0) is 25.4. The molecule has 4 aromatic rings. The van der Waals surface area contributed by atoms with Gasteiger partial charge in [-0.1, -0.05) is 53.7 Å². The highest BCUT2D eigenvalue weighted by molar-refractivity contribution is 6.05. The third-order valence-electron chi connectivity index (χ3n) is 6.81. The smallest absolute Gasteiger partial charge is 0.257 e. The van der Waals surface area contributed by atoms with Crippen LogP contribution in [0.25, 0.3) is 33.4 Å². The molecule has 0 saturated carbocycles. The molecular formula is C30H35N4O+. The lowest BCUT2D eigenvalue weighted by molar-refractivity contribution is -0.660. The van der Waals surface area contributed by atoms with E-state index in [0.29, 0.717) is 5.82 Å². The quantitative estimate of drug-likeness (QED) is 0.254. The Balaban J connectivity index is 1.87. The molecule has 5 nitrogen and oxygen atoms in total. The average Bonchev–Trinajstić information content (AvgIpc) is 2.75. The number of aryl methyl sites for hydroxylation is 3. The van der Waals surface area contributed by atoms with Crippen molar-refractivity contribution in [3.8, 4) is 34.1 Å². The molecule has 1 aliphatic heterocycles. The van der Waals surface area contributed by atoms with Gasteiger partial charge in [0.15, 0.2) is 12.0 Å². The summed E-state index contributed by atoms with van der Waals surface area (Å²) in [5, 5.41) is 2.37. The fourth-order valence-electron chi connectivity index (χ4n) is 4.74. The second-order valence-corrected chi connectivity index (χ2v) is 12.0. The number of hydrogen-bond acceptors (Lipinski definition) is 4. The normalized spacial score (nSPS) is 13.1. The summed E-state index contributed by atoms with van der Waals surface area (Å²) in [7, 11) is 2.08. The Kier molecular flexibility index (Phi) is 5.07. The molecule has 0 bridgehead atoms. The van der Waals surface area contributed by atoms with Gasteiger partial charge in [-0.2, -0.15) is 4.57 Å². The van der Waals surface area contributed by atoms with Gasteiger partial charge in [-0.15, -0.1) is 0 Å².